The van der Waals surface area contributed by atoms with Crippen LogP contribution in [0.4, 0.5) is 4.79 Å². The summed E-state index contributed by atoms with van der Waals surface area (Å²) in [5.74, 6) is 0.449. The SMILES string of the molecule is C[C@@H]1CN(Cc2ccccc2)C[C@@H]1NC(=O)NCCc1ccccn1. The van der Waals surface area contributed by atoms with Crippen molar-refractivity contribution in [1.82, 2.24) is 20.5 Å². The summed E-state index contributed by atoms with van der Waals surface area (Å²) in [4.78, 5) is 18.8. The molecule has 0 unspecified atom stereocenters. The summed E-state index contributed by atoms with van der Waals surface area (Å²) in [5.41, 5.74) is 2.31. The molecule has 2 N–H and O–H groups in total. The molecule has 1 aliphatic rings. The van der Waals surface area contributed by atoms with Gasteiger partial charge in [0, 0.05) is 50.5 Å². The van der Waals surface area contributed by atoms with Gasteiger partial charge >= 0.3 is 6.03 Å². The summed E-state index contributed by atoms with van der Waals surface area (Å²) in [6.07, 6.45) is 2.52. The molecule has 5 nitrogen and oxygen atoms in total. The molecule has 0 saturated carbocycles. The average Bonchev–Trinajstić information content (AvgIpc) is 2.96. The van der Waals surface area contributed by atoms with Gasteiger partial charge in [-0.2, -0.15) is 0 Å². The largest absolute Gasteiger partial charge is 0.338 e. The molecular formula is C20H26N4O. The number of benzene rings is 1. The van der Waals surface area contributed by atoms with E-state index >= 15 is 0 Å². The zero-order valence-electron chi connectivity index (χ0n) is 14.7. The maximum absolute atomic E-state index is 12.1. The van der Waals surface area contributed by atoms with Crippen LogP contribution in [0.5, 0.6) is 0 Å². The highest BCUT2D eigenvalue weighted by Gasteiger charge is 2.30. The van der Waals surface area contributed by atoms with Crippen LogP contribution in [0.2, 0.25) is 0 Å². The third-order valence-corrected chi connectivity index (χ3v) is 4.65. The number of nitrogens with one attached hydrogen (secondary N) is 2. The number of carbonyl (C=O) groups is 1. The molecule has 2 aromatic rings. The fraction of sp³-hybridized carbons (Fsp3) is 0.400. The Morgan fingerprint density at radius 1 is 1.16 bits per heavy atom. The Balaban J connectivity index is 1.40. The first kappa shape index (κ1) is 17.4. The molecule has 2 atom stereocenters. The normalized spacial score (nSPS) is 20.4. The number of pyridine rings is 1. The lowest BCUT2D eigenvalue weighted by molar-refractivity contribution is 0.234. The van der Waals surface area contributed by atoms with E-state index in [1.54, 1.807) is 6.20 Å². The lowest BCUT2D eigenvalue weighted by atomic mass is 10.1. The van der Waals surface area contributed by atoms with E-state index in [1.807, 2.05) is 24.3 Å². The van der Waals surface area contributed by atoms with Gasteiger partial charge in [0.1, 0.15) is 0 Å². The lowest BCUT2D eigenvalue weighted by Gasteiger charge is -2.18. The summed E-state index contributed by atoms with van der Waals surface area (Å²) in [6.45, 7) is 5.63. The number of rotatable bonds is 6. The highest BCUT2D eigenvalue weighted by molar-refractivity contribution is 5.74. The monoisotopic (exact) mass is 338 g/mol. The van der Waals surface area contributed by atoms with E-state index in [9.17, 15) is 4.79 Å². The molecule has 1 aromatic carbocycles. The van der Waals surface area contributed by atoms with Crippen LogP contribution in [0.25, 0.3) is 0 Å². The molecule has 0 radical (unpaired) electrons. The van der Waals surface area contributed by atoms with Gasteiger partial charge < -0.3 is 10.6 Å². The highest BCUT2D eigenvalue weighted by Crippen LogP contribution is 2.18. The molecule has 5 heteroatoms. The number of aromatic nitrogens is 1. The quantitative estimate of drug-likeness (QED) is 0.851. The zero-order chi connectivity index (χ0) is 17.5. The van der Waals surface area contributed by atoms with Crippen LogP contribution >= 0.6 is 0 Å². The van der Waals surface area contributed by atoms with Crippen molar-refractivity contribution in [2.75, 3.05) is 19.6 Å². The Bertz CT molecular complexity index is 662. The van der Waals surface area contributed by atoms with Gasteiger partial charge in [0.15, 0.2) is 0 Å². The molecule has 132 valence electrons. The molecule has 25 heavy (non-hydrogen) atoms. The molecule has 1 aliphatic heterocycles. The molecule has 2 heterocycles. The van der Waals surface area contributed by atoms with Crippen molar-refractivity contribution in [2.45, 2.75) is 25.9 Å². The van der Waals surface area contributed by atoms with E-state index in [0.29, 0.717) is 12.5 Å². The van der Waals surface area contributed by atoms with Crippen LogP contribution in [0.1, 0.15) is 18.2 Å². The third kappa shape index (κ3) is 5.29. The fourth-order valence-corrected chi connectivity index (χ4v) is 3.30. The second kappa shape index (κ2) is 8.62. The van der Waals surface area contributed by atoms with Crippen molar-refractivity contribution in [2.24, 2.45) is 5.92 Å². The van der Waals surface area contributed by atoms with Gasteiger partial charge in [-0.3, -0.25) is 9.88 Å². The first-order valence-corrected chi connectivity index (χ1v) is 8.91. The second-order valence-electron chi connectivity index (χ2n) is 6.73. The van der Waals surface area contributed by atoms with Gasteiger partial charge in [-0.15, -0.1) is 0 Å². The van der Waals surface area contributed by atoms with E-state index in [0.717, 1.165) is 31.7 Å². The Hall–Kier alpha value is -2.40. The van der Waals surface area contributed by atoms with Crippen LogP contribution in [0.15, 0.2) is 54.7 Å². The van der Waals surface area contributed by atoms with Crippen LogP contribution in [0.3, 0.4) is 0 Å². The van der Waals surface area contributed by atoms with E-state index in [-0.39, 0.29) is 12.1 Å². The predicted molar refractivity (Wildman–Crippen MR) is 99.1 cm³/mol. The number of urea groups is 1. The minimum Gasteiger partial charge on any atom is -0.338 e. The second-order valence-corrected chi connectivity index (χ2v) is 6.73. The zero-order valence-corrected chi connectivity index (χ0v) is 14.7. The maximum Gasteiger partial charge on any atom is 0.315 e. The summed E-state index contributed by atoms with van der Waals surface area (Å²) >= 11 is 0. The minimum absolute atomic E-state index is 0.0886. The molecule has 2 amide bonds. The van der Waals surface area contributed by atoms with Gasteiger partial charge in [-0.05, 0) is 23.6 Å². The highest BCUT2D eigenvalue weighted by atomic mass is 16.2. The number of nitrogens with zero attached hydrogens (tertiary/aromatic N) is 2. The van der Waals surface area contributed by atoms with Gasteiger partial charge in [-0.1, -0.05) is 43.3 Å². The smallest absolute Gasteiger partial charge is 0.315 e. The van der Waals surface area contributed by atoms with Gasteiger partial charge in [-0.25, -0.2) is 4.79 Å². The molecule has 1 aromatic heterocycles. The number of likely N-dealkylation sites (tertiary alicyclic amines) is 1. The maximum atomic E-state index is 12.1. The van der Waals surface area contributed by atoms with E-state index in [2.05, 4.69) is 51.7 Å². The lowest BCUT2D eigenvalue weighted by Crippen LogP contribution is -2.45. The first-order valence-electron chi connectivity index (χ1n) is 8.91. The summed E-state index contributed by atoms with van der Waals surface area (Å²) in [6, 6.07) is 16.4. The summed E-state index contributed by atoms with van der Waals surface area (Å²) in [5, 5.41) is 6.05. The van der Waals surface area contributed by atoms with Crippen molar-refractivity contribution < 1.29 is 4.79 Å². The fourth-order valence-electron chi connectivity index (χ4n) is 3.30. The molecule has 1 fully saturated rings. The van der Waals surface area contributed by atoms with Crippen molar-refractivity contribution in [3.63, 3.8) is 0 Å². The number of hydrogen-bond donors (Lipinski definition) is 2. The van der Waals surface area contributed by atoms with Crippen molar-refractivity contribution in [1.29, 1.82) is 0 Å². The van der Waals surface area contributed by atoms with Crippen LogP contribution < -0.4 is 10.6 Å². The number of carbonyl (C=O) groups excluding carboxylic acids is 1. The molecule has 0 spiro atoms. The summed E-state index contributed by atoms with van der Waals surface area (Å²) in [7, 11) is 0. The van der Waals surface area contributed by atoms with E-state index < -0.39 is 0 Å². The van der Waals surface area contributed by atoms with Crippen molar-refractivity contribution in [3.8, 4) is 0 Å². The third-order valence-electron chi connectivity index (χ3n) is 4.65. The molecular weight excluding hydrogens is 312 g/mol. The summed E-state index contributed by atoms with van der Waals surface area (Å²) < 4.78 is 0. The molecule has 0 aliphatic carbocycles. The van der Waals surface area contributed by atoms with Crippen molar-refractivity contribution >= 4 is 6.03 Å². The van der Waals surface area contributed by atoms with Crippen molar-refractivity contribution in [3.05, 3.63) is 66.0 Å². The van der Waals surface area contributed by atoms with Crippen LogP contribution in [-0.2, 0) is 13.0 Å². The van der Waals surface area contributed by atoms with Gasteiger partial charge in [0.2, 0.25) is 0 Å². The molecule has 0 bridgehead atoms. The van der Waals surface area contributed by atoms with E-state index in [1.165, 1.54) is 5.56 Å². The first-order chi connectivity index (χ1) is 12.2. The molecule has 3 rings (SSSR count). The Morgan fingerprint density at radius 3 is 2.72 bits per heavy atom. The average molecular weight is 338 g/mol. The van der Waals surface area contributed by atoms with Crippen LogP contribution in [0, 0.1) is 5.92 Å². The van der Waals surface area contributed by atoms with Gasteiger partial charge in [0.05, 0.1) is 0 Å². The topological polar surface area (TPSA) is 57.3 Å². The predicted octanol–water partition coefficient (Wildman–Crippen LogP) is 2.44. The Kier molecular flexibility index (Phi) is 6.01. The Labute approximate surface area is 149 Å². The number of amides is 2. The van der Waals surface area contributed by atoms with Crippen LogP contribution in [-0.4, -0.2) is 41.6 Å². The van der Waals surface area contributed by atoms with E-state index in [4.69, 9.17) is 0 Å². The standard InChI is InChI=1S/C20H26N4O/c1-16-13-24(14-17-7-3-2-4-8-17)15-19(16)23-20(25)22-12-10-18-9-5-6-11-21-18/h2-9,11,16,19H,10,12-15H2,1H3,(H2,22,23,25)/t16-,19+/m1/s1. The Morgan fingerprint density at radius 2 is 1.96 bits per heavy atom. The number of hydrogen-bond acceptors (Lipinski definition) is 3. The minimum atomic E-state index is -0.0886. The molecule has 1 saturated heterocycles. The van der Waals surface area contributed by atoms with Gasteiger partial charge in [0.25, 0.3) is 0 Å².